The smallest absolute Gasteiger partial charge is 0.0474 e. The van der Waals surface area contributed by atoms with E-state index < -0.39 is 0 Å². The summed E-state index contributed by atoms with van der Waals surface area (Å²) in [4.78, 5) is 8.10. The average Bonchev–Trinajstić information content (AvgIpc) is 3.23. The van der Waals surface area contributed by atoms with Gasteiger partial charge in [-0.2, -0.15) is 0 Å². The molecular weight excluding hydrogens is 260 g/mol. The van der Waals surface area contributed by atoms with Gasteiger partial charge in [-0.25, -0.2) is 0 Å². The van der Waals surface area contributed by atoms with Gasteiger partial charge in [0.15, 0.2) is 0 Å². The molecule has 4 heteroatoms. The van der Waals surface area contributed by atoms with Crippen molar-refractivity contribution in [3.8, 4) is 0 Å². The second-order valence-electron chi connectivity index (χ2n) is 8.07. The Morgan fingerprint density at radius 2 is 1.81 bits per heavy atom. The Balaban J connectivity index is 1.60. The first-order chi connectivity index (χ1) is 10.0. The maximum absolute atomic E-state index is 6.28. The van der Waals surface area contributed by atoms with Gasteiger partial charge >= 0.3 is 0 Å². The predicted octanol–water partition coefficient (Wildman–Crippen LogP) is 1.21. The van der Waals surface area contributed by atoms with Crippen molar-refractivity contribution in [3.63, 3.8) is 0 Å². The highest BCUT2D eigenvalue weighted by atomic mass is 15.4. The molecule has 0 spiro atoms. The Kier molecular flexibility index (Phi) is 4.60. The van der Waals surface area contributed by atoms with Gasteiger partial charge in [0.2, 0.25) is 0 Å². The minimum atomic E-state index is 0.256. The first kappa shape index (κ1) is 15.7. The third-order valence-electron chi connectivity index (χ3n) is 5.78. The van der Waals surface area contributed by atoms with Crippen LogP contribution < -0.4 is 5.73 Å². The van der Waals surface area contributed by atoms with Crippen LogP contribution in [0.25, 0.3) is 0 Å². The van der Waals surface area contributed by atoms with Gasteiger partial charge in [0.05, 0.1) is 0 Å². The van der Waals surface area contributed by atoms with Gasteiger partial charge in [-0.3, -0.25) is 9.80 Å². The van der Waals surface area contributed by atoms with Gasteiger partial charge in [-0.1, -0.05) is 13.8 Å². The van der Waals surface area contributed by atoms with Gasteiger partial charge in [0.25, 0.3) is 0 Å². The lowest BCUT2D eigenvalue weighted by Crippen LogP contribution is -2.61. The molecule has 2 N–H and O–H groups in total. The molecule has 1 aliphatic carbocycles. The van der Waals surface area contributed by atoms with Crippen molar-refractivity contribution in [2.24, 2.45) is 11.7 Å². The summed E-state index contributed by atoms with van der Waals surface area (Å²) in [5.74, 6) is 0.775. The van der Waals surface area contributed by atoms with Crippen LogP contribution in [0.2, 0.25) is 0 Å². The number of nitrogens with zero attached hydrogens (tertiary/aromatic N) is 3. The maximum Gasteiger partial charge on any atom is 0.0474 e. The molecule has 3 aliphatic rings. The molecule has 0 aromatic carbocycles. The topological polar surface area (TPSA) is 35.7 Å². The zero-order chi connectivity index (χ0) is 15.0. The molecule has 0 bridgehead atoms. The Bertz CT molecular complexity index is 347. The lowest BCUT2D eigenvalue weighted by Gasteiger charge is -2.46. The van der Waals surface area contributed by atoms with Crippen LogP contribution in [0.5, 0.6) is 0 Å². The van der Waals surface area contributed by atoms with Crippen LogP contribution in [0.3, 0.4) is 0 Å². The van der Waals surface area contributed by atoms with Crippen molar-refractivity contribution in [2.75, 3.05) is 45.8 Å². The highest BCUT2D eigenvalue weighted by molar-refractivity contribution is 5.07. The van der Waals surface area contributed by atoms with Crippen LogP contribution in [0.15, 0.2) is 0 Å². The minimum Gasteiger partial charge on any atom is -0.329 e. The molecule has 0 radical (unpaired) electrons. The summed E-state index contributed by atoms with van der Waals surface area (Å²) in [7, 11) is 0. The summed E-state index contributed by atoms with van der Waals surface area (Å²) in [6.45, 7) is 15.2. The highest BCUT2D eigenvalue weighted by Gasteiger charge is 2.49. The molecule has 0 aromatic heterocycles. The normalized spacial score (nSPS) is 36.7. The maximum atomic E-state index is 6.28. The van der Waals surface area contributed by atoms with Crippen LogP contribution in [0.1, 0.15) is 40.0 Å². The predicted molar refractivity (Wildman–Crippen MR) is 88.4 cm³/mol. The molecule has 2 unspecified atom stereocenters. The number of nitrogens with two attached hydrogens (primary N) is 1. The van der Waals surface area contributed by atoms with Crippen LogP contribution in [0.4, 0.5) is 0 Å². The third kappa shape index (κ3) is 3.29. The number of piperazine rings is 1. The van der Waals surface area contributed by atoms with E-state index in [0.717, 1.165) is 24.5 Å². The Hall–Kier alpha value is -0.160. The van der Waals surface area contributed by atoms with Crippen molar-refractivity contribution >= 4 is 0 Å². The van der Waals surface area contributed by atoms with Gasteiger partial charge < -0.3 is 10.6 Å². The molecule has 2 atom stereocenters. The van der Waals surface area contributed by atoms with E-state index in [1.807, 2.05) is 0 Å². The van der Waals surface area contributed by atoms with E-state index in [4.69, 9.17) is 5.73 Å². The van der Waals surface area contributed by atoms with E-state index in [1.165, 1.54) is 58.5 Å². The standard InChI is InChI=1S/C17H34N4/c1-14(2)11-19-6-8-20(9-7-19)17(12-18)10-15(3)21(13-17)16-4-5-16/h14-16H,4-13,18H2,1-3H3. The van der Waals surface area contributed by atoms with Crippen LogP contribution >= 0.6 is 0 Å². The fourth-order valence-corrected chi connectivity index (χ4v) is 4.55. The number of likely N-dealkylation sites (tertiary alicyclic amines) is 1. The zero-order valence-corrected chi connectivity index (χ0v) is 14.2. The van der Waals surface area contributed by atoms with Gasteiger partial charge in [-0.05, 0) is 32.1 Å². The number of hydrogen-bond acceptors (Lipinski definition) is 4. The Morgan fingerprint density at radius 1 is 1.14 bits per heavy atom. The molecule has 2 saturated heterocycles. The largest absolute Gasteiger partial charge is 0.329 e. The van der Waals surface area contributed by atoms with E-state index in [0.29, 0.717) is 0 Å². The fourth-order valence-electron chi connectivity index (χ4n) is 4.55. The van der Waals surface area contributed by atoms with Crippen LogP contribution in [0, 0.1) is 5.92 Å². The molecule has 122 valence electrons. The minimum absolute atomic E-state index is 0.256. The first-order valence-corrected chi connectivity index (χ1v) is 8.97. The van der Waals surface area contributed by atoms with Gasteiger partial charge in [0.1, 0.15) is 0 Å². The quantitative estimate of drug-likeness (QED) is 0.827. The average molecular weight is 294 g/mol. The first-order valence-electron chi connectivity index (χ1n) is 8.97. The molecule has 4 nitrogen and oxygen atoms in total. The number of rotatable bonds is 5. The fraction of sp³-hybridized carbons (Fsp3) is 1.00. The van der Waals surface area contributed by atoms with E-state index in [1.54, 1.807) is 0 Å². The van der Waals surface area contributed by atoms with Crippen molar-refractivity contribution < 1.29 is 0 Å². The molecular formula is C17H34N4. The summed E-state index contributed by atoms with van der Waals surface area (Å²) >= 11 is 0. The highest BCUT2D eigenvalue weighted by Crippen LogP contribution is 2.39. The molecule has 3 fully saturated rings. The second kappa shape index (κ2) is 6.15. The number of hydrogen-bond donors (Lipinski definition) is 1. The Morgan fingerprint density at radius 3 is 2.33 bits per heavy atom. The summed E-state index contributed by atoms with van der Waals surface area (Å²) < 4.78 is 0. The van der Waals surface area contributed by atoms with Crippen molar-refractivity contribution in [1.29, 1.82) is 0 Å². The second-order valence-corrected chi connectivity index (χ2v) is 8.07. The van der Waals surface area contributed by atoms with Crippen LogP contribution in [-0.4, -0.2) is 78.1 Å². The summed E-state index contributed by atoms with van der Waals surface area (Å²) in [6.07, 6.45) is 4.09. The zero-order valence-electron chi connectivity index (χ0n) is 14.2. The molecule has 3 rings (SSSR count). The molecule has 0 amide bonds. The molecule has 2 aliphatic heterocycles. The molecule has 21 heavy (non-hydrogen) atoms. The van der Waals surface area contributed by atoms with Gasteiger partial charge in [-0.15, -0.1) is 0 Å². The molecule has 0 aromatic rings. The Labute approximate surface area is 130 Å². The summed E-state index contributed by atoms with van der Waals surface area (Å²) in [6, 6.07) is 1.59. The SMILES string of the molecule is CC(C)CN1CCN(C2(CN)CC(C)N(C3CC3)C2)CC1. The van der Waals surface area contributed by atoms with Gasteiger partial charge in [0, 0.05) is 63.4 Å². The summed E-state index contributed by atoms with van der Waals surface area (Å²) in [5.41, 5.74) is 6.53. The van der Waals surface area contributed by atoms with E-state index >= 15 is 0 Å². The van der Waals surface area contributed by atoms with E-state index in [2.05, 4.69) is 35.5 Å². The monoisotopic (exact) mass is 294 g/mol. The van der Waals surface area contributed by atoms with Crippen molar-refractivity contribution in [1.82, 2.24) is 14.7 Å². The van der Waals surface area contributed by atoms with Crippen molar-refractivity contribution in [3.05, 3.63) is 0 Å². The van der Waals surface area contributed by atoms with E-state index in [9.17, 15) is 0 Å². The van der Waals surface area contributed by atoms with Crippen LogP contribution in [-0.2, 0) is 0 Å². The molecule has 2 heterocycles. The lowest BCUT2D eigenvalue weighted by molar-refractivity contribution is 0.0365. The van der Waals surface area contributed by atoms with E-state index in [-0.39, 0.29) is 5.54 Å². The van der Waals surface area contributed by atoms with Crippen molar-refractivity contribution in [2.45, 2.75) is 57.7 Å². The molecule has 1 saturated carbocycles. The summed E-state index contributed by atoms with van der Waals surface area (Å²) in [5, 5.41) is 0. The lowest BCUT2D eigenvalue weighted by atomic mass is 9.93. The third-order valence-corrected chi connectivity index (χ3v) is 5.78.